The minimum atomic E-state index is -4.53. The zero-order valence-corrected chi connectivity index (χ0v) is 24.0. The lowest BCUT2D eigenvalue weighted by Crippen LogP contribution is -2.64. The van der Waals surface area contributed by atoms with E-state index in [1.165, 1.54) is 35.6 Å². The Kier molecular flexibility index (Phi) is 8.49. The molecule has 3 aromatic heterocycles. The number of nitrogens with zero attached hydrogens (tertiary/aromatic N) is 4. The van der Waals surface area contributed by atoms with Crippen LogP contribution in [0.15, 0.2) is 35.5 Å². The molecule has 5 heterocycles. The van der Waals surface area contributed by atoms with Crippen LogP contribution in [0.5, 0.6) is 5.75 Å². The minimum Gasteiger partial charge on any atom is -0.494 e. The zero-order chi connectivity index (χ0) is 30.1. The summed E-state index contributed by atoms with van der Waals surface area (Å²) in [4.78, 5) is 18.0. The Hall–Kier alpha value is -3.61. The molecule has 0 aliphatic carbocycles. The number of methoxy groups -OCH3 is 1. The van der Waals surface area contributed by atoms with Crippen molar-refractivity contribution in [2.75, 3.05) is 57.6 Å². The number of hydrogen-bond donors (Lipinski definition) is 3. The highest BCUT2D eigenvalue weighted by Gasteiger charge is 2.44. The van der Waals surface area contributed by atoms with Crippen LogP contribution in [0.2, 0.25) is 0 Å². The number of carbonyl (C=O) groups is 1. The number of thioether (sulfide) groups is 1. The van der Waals surface area contributed by atoms with Crippen LogP contribution >= 0.6 is 11.8 Å². The Bertz CT molecular complexity index is 1510. The molecule has 3 N–H and O–H groups in total. The van der Waals surface area contributed by atoms with E-state index < -0.39 is 17.7 Å². The minimum absolute atomic E-state index is 0.0385. The summed E-state index contributed by atoms with van der Waals surface area (Å²) in [6, 6.07) is 8.60. The van der Waals surface area contributed by atoms with Gasteiger partial charge in [0, 0.05) is 44.0 Å². The highest BCUT2D eigenvalue weighted by atomic mass is 32.2. The largest absolute Gasteiger partial charge is 0.494 e. The van der Waals surface area contributed by atoms with Crippen LogP contribution in [0, 0.1) is 12.0 Å². The SMILES string of the molecule is CNC(=O)c1cc(OC)c(NCC#Cn2c(SC(F)(F)F)c3cccc(NC4CCN(C5(C)COC5)CC4F)n32)cn1. The molecule has 226 valence electrons. The van der Waals surface area contributed by atoms with Crippen molar-refractivity contribution in [2.24, 2.45) is 0 Å². The molecule has 2 unspecified atom stereocenters. The molecule has 0 spiro atoms. The number of ether oxygens (including phenoxy) is 2. The van der Waals surface area contributed by atoms with Crippen LogP contribution in [-0.4, -0.2) is 95.3 Å². The summed E-state index contributed by atoms with van der Waals surface area (Å²) in [7, 11) is 2.92. The van der Waals surface area contributed by atoms with Gasteiger partial charge in [-0.1, -0.05) is 12.0 Å². The van der Waals surface area contributed by atoms with Crippen molar-refractivity contribution in [1.29, 1.82) is 0 Å². The van der Waals surface area contributed by atoms with E-state index >= 15 is 4.39 Å². The summed E-state index contributed by atoms with van der Waals surface area (Å²) in [5.41, 5.74) is -3.76. The Morgan fingerprint density at radius 1 is 1.33 bits per heavy atom. The second-order valence-corrected chi connectivity index (χ2v) is 11.3. The first kappa shape index (κ1) is 29.9. The van der Waals surface area contributed by atoms with Gasteiger partial charge in [-0.2, -0.15) is 17.9 Å². The Labute approximate surface area is 244 Å². The molecule has 0 bridgehead atoms. The summed E-state index contributed by atoms with van der Waals surface area (Å²) in [5.74, 6) is 3.24. The van der Waals surface area contributed by atoms with Crippen LogP contribution in [-0.2, 0) is 4.74 Å². The number of halogens is 4. The van der Waals surface area contributed by atoms with Gasteiger partial charge in [0.05, 0.1) is 55.9 Å². The second kappa shape index (κ2) is 11.9. The molecule has 10 nitrogen and oxygen atoms in total. The van der Waals surface area contributed by atoms with Gasteiger partial charge in [-0.15, -0.1) is 0 Å². The average Bonchev–Trinajstić information content (AvgIpc) is 2.95. The standard InChI is InChI=1S/C27H31F4N7O3S/c1-26(15-41-16-26)36-11-8-18(17(28)14-36)35-23-7-4-6-21-25(42-27(29,30)31)37(38(21)23)10-5-9-33-20-13-34-19(24(39)32-2)12-22(20)40-3/h4,6-7,12-13,17-18,33,35H,8-9,11,14-16H2,1-3H3,(H,32,39). The quantitative estimate of drug-likeness (QED) is 0.203. The maximum atomic E-state index is 15.3. The first-order valence-corrected chi connectivity index (χ1v) is 14.0. The average molecular weight is 610 g/mol. The molecular weight excluding hydrogens is 578 g/mol. The van der Waals surface area contributed by atoms with Crippen LogP contribution < -0.4 is 20.7 Å². The van der Waals surface area contributed by atoms with Crippen LogP contribution in [0.4, 0.5) is 29.1 Å². The zero-order valence-electron chi connectivity index (χ0n) is 23.2. The van der Waals surface area contributed by atoms with Gasteiger partial charge in [-0.3, -0.25) is 9.69 Å². The molecule has 2 saturated heterocycles. The maximum absolute atomic E-state index is 15.3. The Morgan fingerprint density at radius 3 is 2.76 bits per heavy atom. The monoisotopic (exact) mass is 609 g/mol. The first-order valence-electron chi connectivity index (χ1n) is 13.2. The highest BCUT2D eigenvalue weighted by molar-refractivity contribution is 8.00. The van der Waals surface area contributed by atoms with Gasteiger partial charge in [-0.05, 0) is 25.5 Å². The molecule has 1 amide bonds. The molecule has 2 fully saturated rings. The number of aromatic nitrogens is 3. The summed E-state index contributed by atoms with van der Waals surface area (Å²) in [6.45, 7) is 4.16. The fourth-order valence-corrected chi connectivity index (χ4v) is 5.71. The number of nitrogens with one attached hydrogen (secondary N) is 3. The molecule has 15 heteroatoms. The predicted molar refractivity (Wildman–Crippen MR) is 151 cm³/mol. The molecule has 2 aliphatic rings. The number of likely N-dealkylation sites (tertiary alicyclic amines) is 1. The van der Waals surface area contributed by atoms with Crippen molar-refractivity contribution >= 4 is 34.7 Å². The van der Waals surface area contributed by atoms with E-state index in [4.69, 9.17) is 9.47 Å². The molecule has 2 atom stereocenters. The van der Waals surface area contributed by atoms with Gasteiger partial charge >= 0.3 is 5.51 Å². The van der Waals surface area contributed by atoms with Gasteiger partial charge < -0.3 is 25.4 Å². The Morgan fingerprint density at radius 2 is 2.12 bits per heavy atom. The number of carbonyl (C=O) groups excluding carboxylic acids is 1. The lowest BCUT2D eigenvalue weighted by atomic mass is 9.92. The van der Waals surface area contributed by atoms with Crippen molar-refractivity contribution < 1.29 is 31.8 Å². The second-order valence-electron chi connectivity index (χ2n) is 10.3. The third kappa shape index (κ3) is 6.11. The Balaban J connectivity index is 1.35. The van der Waals surface area contributed by atoms with Gasteiger partial charge in [0.15, 0.2) is 0 Å². The van der Waals surface area contributed by atoms with E-state index in [0.717, 1.165) is 0 Å². The van der Waals surface area contributed by atoms with E-state index in [1.807, 2.05) is 0 Å². The van der Waals surface area contributed by atoms with E-state index in [9.17, 15) is 18.0 Å². The topological polar surface area (TPSA) is 97.1 Å². The molecule has 3 aromatic rings. The van der Waals surface area contributed by atoms with Gasteiger partial charge in [0.1, 0.15) is 28.5 Å². The summed E-state index contributed by atoms with van der Waals surface area (Å²) in [6.07, 6.45) is 0.760. The lowest BCUT2D eigenvalue weighted by Gasteiger charge is -2.50. The van der Waals surface area contributed by atoms with Crippen molar-refractivity contribution in [3.05, 3.63) is 36.2 Å². The molecule has 0 radical (unpaired) electrons. The van der Waals surface area contributed by atoms with E-state index in [1.54, 1.807) is 18.2 Å². The van der Waals surface area contributed by atoms with Crippen molar-refractivity contribution in [3.63, 3.8) is 0 Å². The molecule has 5 rings (SSSR count). The van der Waals surface area contributed by atoms with Crippen LogP contribution in [0.1, 0.15) is 23.8 Å². The molecule has 0 saturated carbocycles. The number of hydrogen-bond acceptors (Lipinski definition) is 8. The number of alkyl halides is 4. The van der Waals surface area contributed by atoms with Gasteiger partial charge in [0.25, 0.3) is 5.91 Å². The summed E-state index contributed by atoms with van der Waals surface area (Å²) in [5, 5.41) is 8.60. The normalized spacial score (nSPS) is 20.4. The lowest BCUT2D eigenvalue weighted by molar-refractivity contribution is -0.142. The maximum Gasteiger partial charge on any atom is 0.447 e. The van der Waals surface area contributed by atoms with Crippen molar-refractivity contribution in [1.82, 2.24) is 24.4 Å². The number of pyridine rings is 2. The molecule has 2 aliphatic heterocycles. The summed E-state index contributed by atoms with van der Waals surface area (Å²) < 4.78 is 68.9. The predicted octanol–water partition coefficient (Wildman–Crippen LogP) is 3.65. The van der Waals surface area contributed by atoms with Gasteiger partial charge in [0.2, 0.25) is 0 Å². The number of anilines is 2. The number of fused-ring (bicyclic) bond motifs is 1. The van der Waals surface area contributed by atoms with Gasteiger partial charge in [-0.25, -0.2) is 13.9 Å². The third-order valence-corrected chi connectivity index (χ3v) is 8.16. The fraction of sp³-hybridized carbons (Fsp3) is 0.481. The third-order valence-electron chi connectivity index (χ3n) is 7.35. The fourth-order valence-electron chi connectivity index (χ4n) is 5.02. The van der Waals surface area contributed by atoms with E-state index in [-0.39, 0.29) is 47.0 Å². The smallest absolute Gasteiger partial charge is 0.447 e. The van der Waals surface area contributed by atoms with E-state index in [2.05, 4.69) is 44.7 Å². The number of piperidine rings is 1. The molecule has 42 heavy (non-hydrogen) atoms. The molecular formula is C27H31F4N7O3S. The van der Waals surface area contributed by atoms with Crippen molar-refractivity contribution in [3.8, 4) is 17.7 Å². The number of amides is 1. The number of rotatable bonds is 8. The van der Waals surface area contributed by atoms with Crippen molar-refractivity contribution in [2.45, 2.75) is 41.6 Å². The summed E-state index contributed by atoms with van der Waals surface area (Å²) >= 11 is -0.261. The highest BCUT2D eigenvalue weighted by Crippen LogP contribution is 2.41. The van der Waals surface area contributed by atoms with Crippen LogP contribution in [0.25, 0.3) is 5.52 Å². The molecule has 0 aromatic carbocycles. The van der Waals surface area contributed by atoms with E-state index in [0.29, 0.717) is 49.0 Å². The first-order chi connectivity index (χ1) is 20.0. The van der Waals surface area contributed by atoms with Crippen LogP contribution in [0.3, 0.4) is 0 Å².